The summed E-state index contributed by atoms with van der Waals surface area (Å²) in [4.78, 5) is 24.8. The fourth-order valence-electron chi connectivity index (χ4n) is 2.77. The van der Waals surface area contributed by atoms with Crippen LogP contribution < -0.4 is 11.1 Å². The lowest BCUT2D eigenvalue weighted by Gasteiger charge is -2.11. The Labute approximate surface area is 149 Å². The Morgan fingerprint density at radius 1 is 0.885 bits per heavy atom. The Hall–Kier alpha value is -3.80. The van der Waals surface area contributed by atoms with E-state index in [1.807, 2.05) is 54.6 Å². The normalized spacial score (nSPS) is 10.6. The zero-order valence-electron chi connectivity index (χ0n) is 13.8. The highest BCUT2D eigenvalue weighted by atomic mass is 16.1. The van der Waals surface area contributed by atoms with Crippen molar-refractivity contribution in [3.63, 3.8) is 0 Å². The van der Waals surface area contributed by atoms with Crippen LogP contribution in [0.25, 0.3) is 22.2 Å². The summed E-state index contributed by atoms with van der Waals surface area (Å²) in [6.07, 6.45) is 1.52. The van der Waals surface area contributed by atoms with Gasteiger partial charge in [-0.25, -0.2) is 15.0 Å². The van der Waals surface area contributed by atoms with Crippen LogP contribution in [0.4, 0.5) is 11.6 Å². The Morgan fingerprint density at radius 2 is 1.65 bits per heavy atom. The SMILES string of the molecule is NC(=O)c1ncccc1Nc1nc(-c2ccccc2)c2ccccc2n1. The molecule has 0 spiro atoms. The number of amides is 1. The monoisotopic (exact) mass is 341 g/mol. The maximum absolute atomic E-state index is 11.6. The number of nitrogens with two attached hydrogens (primary N) is 1. The lowest BCUT2D eigenvalue weighted by Crippen LogP contribution is -2.15. The summed E-state index contributed by atoms with van der Waals surface area (Å²) in [5.74, 6) is -0.241. The molecule has 0 fully saturated rings. The second-order valence-corrected chi connectivity index (χ2v) is 5.67. The largest absolute Gasteiger partial charge is 0.364 e. The van der Waals surface area contributed by atoms with Gasteiger partial charge in [0.15, 0.2) is 5.69 Å². The van der Waals surface area contributed by atoms with Crippen molar-refractivity contribution in [2.45, 2.75) is 0 Å². The summed E-state index contributed by atoms with van der Waals surface area (Å²) in [5, 5.41) is 4.02. The summed E-state index contributed by atoms with van der Waals surface area (Å²) in [6, 6.07) is 21.1. The molecule has 3 N–H and O–H groups in total. The van der Waals surface area contributed by atoms with Crippen molar-refractivity contribution in [2.75, 3.05) is 5.32 Å². The van der Waals surface area contributed by atoms with E-state index < -0.39 is 5.91 Å². The van der Waals surface area contributed by atoms with Crippen LogP contribution in [-0.2, 0) is 0 Å². The standard InChI is InChI=1S/C20H15N5O/c21-19(26)18-16(11-6-12-22-18)24-20-23-15-10-5-4-9-14(15)17(25-20)13-7-2-1-3-8-13/h1-12H,(H2,21,26)(H,23,24,25). The van der Waals surface area contributed by atoms with E-state index >= 15 is 0 Å². The number of nitrogens with one attached hydrogen (secondary N) is 1. The number of nitrogens with zero attached hydrogens (tertiary/aromatic N) is 3. The summed E-state index contributed by atoms with van der Waals surface area (Å²) < 4.78 is 0. The van der Waals surface area contributed by atoms with Crippen LogP contribution in [0.2, 0.25) is 0 Å². The van der Waals surface area contributed by atoms with Crippen molar-refractivity contribution in [1.29, 1.82) is 0 Å². The zero-order valence-corrected chi connectivity index (χ0v) is 13.8. The number of fused-ring (bicyclic) bond motifs is 1. The molecule has 6 nitrogen and oxygen atoms in total. The van der Waals surface area contributed by atoms with Gasteiger partial charge in [0, 0.05) is 17.1 Å². The van der Waals surface area contributed by atoms with Gasteiger partial charge >= 0.3 is 0 Å². The Morgan fingerprint density at radius 3 is 2.46 bits per heavy atom. The molecule has 0 radical (unpaired) electrons. The van der Waals surface area contributed by atoms with Crippen LogP contribution in [0.3, 0.4) is 0 Å². The molecule has 2 aromatic carbocycles. The predicted octanol–water partition coefficient (Wildman–Crippen LogP) is 3.53. The quantitative estimate of drug-likeness (QED) is 0.592. The number of carbonyl (C=O) groups excluding carboxylic acids is 1. The number of hydrogen-bond acceptors (Lipinski definition) is 5. The molecule has 0 bridgehead atoms. The molecule has 0 aliphatic carbocycles. The number of benzene rings is 2. The van der Waals surface area contributed by atoms with Crippen LogP contribution in [0.15, 0.2) is 72.9 Å². The molecule has 4 aromatic rings. The van der Waals surface area contributed by atoms with Crippen LogP contribution in [0, 0.1) is 0 Å². The maximum Gasteiger partial charge on any atom is 0.269 e. The number of hydrogen-bond donors (Lipinski definition) is 2. The molecule has 0 atom stereocenters. The number of primary amides is 1. The zero-order chi connectivity index (χ0) is 17.9. The van der Waals surface area contributed by atoms with E-state index in [0.29, 0.717) is 11.6 Å². The van der Waals surface area contributed by atoms with Crippen molar-refractivity contribution >= 4 is 28.4 Å². The van der Waals surface area contributed by atoms with Gasteiger partial charge in [0.25, 0.3) is 5.91 Å². The molecule has 0 aliphatic heterocycles. The third-order valence-electron chi connectivity index (χ3n) is 3.94. The van der Waals surface area contributed by atoms with Crippen molar-refractivity contribution in [1.82, 2.24) is 15.0 Å². The fraction of sp³-hybridized carbons (Fsp3) is 0. The number of pyridine rings is 1. The molecule has 1 amide bonds. The summed E-state index contributed by atoms with van der Waals surface area (Å²) in [5.41, 5.74) is 8.60. The Kier molecular flexibility index (Phi) is 3.99. The van der Waals surface area contributed by atoms with Crippen LogP contribution in [0.5, 0.6) is 0 Å². The molecule has 4 rings (SSSR count). The first kappa shape index (κ1) is 15.7. The van der Waals surface area contributed by atoms with Crippen molar-refractivity contribution in [3.8, 4) is 11.3 Å². The van der Waals surface area contributed by atoms with Gasteiger partial charge in [-0.2, -0.15) is 0 Å². The molecule has 2 aromatic heterocycles. The lowest BCUT2D eigenvalue weighted by atomic mass is 10.1. The van der Waals surface area contributed by atoms with Crippen LogP contribution in [-0.4, -0.2) is 20.9 Å². The van der Waals surface area contributed by atoms with E-state index in [1.54, 1.807) is 12.1 Å². The molecule has 26 heavy (non-hydrogen) atoms. The second kappa shape index (κ2) is 6.60. The third kappa shape index (κ3) is 2.95. The predicted molar refractivity (Wildman–Crippen MR) is 101 cm³/mol. The van der Waals surface area contributed by atoms with Crippen molar-refractivity contribution < 1.29 is 4.79 Å². The smallest absolute Gasteiger partial charge is 0.269 e. The highest BCUT2D eigenvalue weighted by molar-refractivity contribution is 5.97. The highest BCUT2D eigenvalue weighted by Crippen LogP contribution is 2.28. The van der Waals surface area contributed by atoms with Gasteiger partial charge in [-0.1, -0.05) is 48.5 Å². The van der Waals surface area contributed by atoms with Crippen molar-refractivity contribution in [2.24, 2.45) is 5.73 Å². The van der Waals surface area contributed by atoms with E-state index in [-0.39, 0.29) is 5.69 Å². The first-order valence-electron chi connectivity index (χ1n) is 8.06. The molecule has 0 saturated carbocycles. The van der Waals surface area contributed by atoms with Crippen molar-refractivity contribution in [3.05, 3.63) is 78.6 Å². The molecular formula is C20H15N5O. The van der Waals surface area contributed by atoms with Crippen LogP contribution >= 0.6 is 0 Å². The third-order valence-corrected chi connectivity index (χ3v) is 3.94. The lowest BCUT2D eigenvalue weighted by molar-refractivity contribution is 0.0996. The first-order chi connectivity index (χ1) is 12.7. The van der Waals surface area contributed by atoms with Gasteiger partial charge in [0.05, 0.1) is 16.9 Å². The minimum atomic E-state index is -0.614. The Bertz CT molecular complexity index is 1100. The van der Waals surface area contributed by atoms with Gasteiger partial charge in [-0.15, -0.1) is 0 Å². The number of anilines is 2. The van der Waals surface area contributed by atoms with Gasteiger partial charge < -0.3 is 11.1 Å². The molecule has 126 valence electrons. The summed E-state index contributed by atoms with van der Waals surface area (Å²) in [6.45, 7) is 0. The average Bonchev–Trinajstić information content (AvgIpc) is 2.68. The fourth-order valence-corrected chi connectivity index (χ4v) is 2.77. The topological polar surface area (TPSA) is 93.8 Å². The molecule has 0 unspecified atom stereocenters. The minimum Gasteiger partial charge on any atom is -0.364 e. The van der Waals surface area contributed by atoms with E-state index in [4.69, 9.17) is 5.73 Å². The van der Waals surface area contributed by atoms with Crippen LogP contribution in [0.1, 0.15) is 10.5 Å². The molecular weight excluding hydrogens is 326 g/mol. The van der Waals surface area contributed by atoms with E-state index in [1.165, 1.54) is 6.20 Å². The van der Waals surface area contributed by atoms with Gasteiger partial charge in [-0.3, -0.25) is 4.79 Å². The highest BCUT2D eigenvalue weighted by Gasteiger charge is 2.13. The maximum atomic E-state index is 11.6. The second-order valence-electron chi connectivity index (χ2n) is 5.67. The number of carbonyl (C=O) groups is 1. The summed E-state index contributed by atoms with van der Waals surface area (Å²) in [7, 11) is 0. The molecule has 0 saturated heterocycles. The Balaban J connectivity index is 1.86. The molecule has 2 heterocycles. The first-order valence-corrected chi connectivity index (χ1v) is 8.06. The molecule has 0 aliphatic rings. The number of aromatic nitrogens is 3. The van der Waals surface area contributed by atoms with Gasteiger partial charge in [0.2, 0.25) is 5.95 Å². The number of rotatable bonds is 4. The van der Waals surface area contributed by atoms with E-state index in [9.17, 15) is 4.79 Å². The van der Waals surface area contributed by atoms with E-state index in [0.717, 1.165) is 22.2 Å². The van der Waals surface area contributed by atoms with Gasteiger partial charge in [0.1, 0.15) is 0 Å². The molecule has 6 heteroatoms. The minimum absolute atomic E-state index is 0.144. The number of para-hydroxylation sites is 1. The van der Waals surface area contributed by atoms with Gasteiger partial charge in [-0.05, 0) is 18.2 Å². The average molecular weight is 341 g/mol. The summed E-state index contributed by atoms with van der Waals surface area (Å²) >= 11 is 0. The van der Waals surface area contributed by atoms with E-state index in [2.05, 4.69) is 20.3 Å².